The van der Waals surface area contributed by atoms with E-state index in [0.29, 0.717) is 5.78 Å². The van der Waals surface area contributed by atoms with Gasteiger partial charge in [-0.05, 0) is 53.9 Å². The van der Waals surface area contributed by atoms with Gasteiger partial charge in [-0.2, -0.15) is 0 Å². The highest BCUT2D eigenvalue weighted by molar-refractivity contribution is 5.88. The lowest BCUT2D eigenvalue weighted by atomic mass is 9.89. The van der Waals surface area contributed by atoms with E-state index in [9.17, 15) is 4.79 Å². The Morgan fingerprint density at radius 1 is 1.40 bits per heavy atom. The Kier molecular flexibility index (Phi) is 4.29. The van der Waals surface area contributed by atoms with Gasteiger partial charge in [0.25, 0.3) is 0 Å². The van der Waals surface area contributed by atoms with Gasteiger partial charge in [0.1, 0.15) is 0 Å². The summed E-state index contributed by atoms with van der Waals surface area (Å²) in [6.07, 6.45) is 2.94. The van der Waals surface area contributed by atoms with Crippen LogP contribution in [-0.2, 0) is 4.79 Å². The molecule has 0 aromatic rings. The van der Waals surface area contributed by atoms with Gasteiger partial charge in [-0.1, -0.05) is 0 Å². The zero-order valence-corrected chi connectivity index (χ0v) is 10.5. The highest BCUT2D eigenvalue weighted by Crippen LogP contribution is 2.24. The molecule has 0 aromatic heterocycles. The molecule has 0 aliphatic carbocycles. The van der Waals surface area contributed by atoms with Crippen molar-refractivity contribution in [3.8, 4) is 0 Å². The molecule has 3 heteroatoms. The number of carbonyl (C=O) groups is 1. The van der Waals surface area contributed by atoms with Crippen molar-refractivity contribution < 1.29 is 4.79 Å². The lowest BCUT2D eigenvalue weighted by Crippen LogP contribution is -2.54. The molecular weight excluding hydrogens is 188 g/mol. The van der Waals surface area contributed by atoms with Gasteiger partial charge in [-0.3, -0.25) is 9.69 Å². The predicted octanol–water partition coefficient (Wildman–Crippen LogP) is 1.38. The van der Waals surface area contributed by atoms with E-state index in [0.717, 1.165) is 38.9 Å². The van der Waals surface area contributed by atoms with Crippen LogP contribution in [0.3, 0.4) is 0 Å². The van der Waals surface area contributed by atoms with Crippen LogP contribution in [0.1, 0.15) is 33.1 Å². The van der Waals surface area contributed by atoms with Crippen molar-refractivity contribution in [2.75, 3.05) is 33.7 Å². The molecule has 1 rings (SSSR count). The summed E-state index contributed by atoms with van der Waals surface area (Å²) in [4.78, 5) is 16.3. The molecule has 1 heterocycles. The summed E-state index contributed by atoms with van der Waals surface area (Å²) in [6.45, 7) is 7.33. The Morgan fingerprint density at radius 2 is 2.07 bits per heavy atom. The molecule has 0 radical (unpaired) electrons. The first-order chi connectivity index (χ1) is 6.94. The van der Waals surface area contributed by atoms with Crippen molar-refractivity contribution in [2.24, 2.45) is 0 Å². The zero-order valence-electron chi connectivity index (χ0n) is 10.5. The minimum absolute atomic E-state index is 0.232. The highest BCUT2D eigenvalue weighted by Gasteiger charge is 2.36. The number of rotatable bonds is 4. The predicted molar refractivity (Wildman–Crippen MR) is 63.1 cm³/mol. The molecule has 1 fully saturated rings. The van der Waals surface area contributed by atoms with E-state index >= 15 is 0 Å². The quantitative estimate of drug-likeness (QED) is 0.703. The third-order valence-corrected chi connectivity index (χ3v) is 3.34. The summed E-state index contributed by atoms with van der Waals surface area (Å²) in [6, 6.07) is 0. The van der Waals surface area contributed by atoms with Crippen LogP contribution in [-0.4, -0.2) is 54.9 Å². The molecule has 0 saturated carbocycles. The van der Waals surface area contributed by atoms with Crippen LogP contribution in [0.2, 0.25) is 0 Å². The van der Waals surface area contributed by atoms with Crippen molar-refractivity contribution in [1.29, 1.82) is 0 Å². The number of nitrogens with zero attached hydrogens (tertiary/aromatic N) is 2. The highest BCUT2D eigenvalue weighted by atomic mass is 16.1. The zero-order chi connectivity index (χ0) is 11.5. The summed E-state index contributed by atoms with van der Waals surface area (Å²) in [5.74, 6) is 0.401. The lowest BCUT2D eigenvalue weighted by Gasteiger charge is -2.41. The second-order valence-corrected chi connectivity index (χ2v) is 5.23. The molecular formula is C12H24N2O. The molecule has 88 valence electrons. The maximum absolute atomic E-state index is 11.8. The minimum atomic E-state index is -0.232. The maximum atomic E-state index is 11.8. The second kappa shape index (κ2) is 5.08. The summed E-state index contributed by atoms with van der Waals surface area (Å²) in [5.41, 5.74) is -0.232. The standard InChI is InChI=1S/C12H24N2O/c1-12(2)11(15)7-5-9-14(12)10-6-8-13(3)4/h5-10H2,1-4H3. The topological polar surface area (TPSA) is 23.6 Å². The first-order valence-corrected chi connectivity index (χ1v) is 5.87. The number of ketones is 1. The van der Waals surface area contributed by atoms with Gasteiger partial charge in [-0.15, -0.1) is 0 Å². The molecule has 1 aliphatic heterocycles. The summed E-state index contributed by atoms with van der Waals surface area (Å²) in [7, 11) is 4.18. The number of carbonyl (C=O) groups excluding carboxylic acids is 1. The average Bonchev–Trinajstić information content (AvgIpc) is 2.12. The van der Waals surface area contributed by atoms with Crippen LogP contribution in [0.4, 0.5) is 0 Å². The minimum Gasteiger partial charge on any atom is -0.309 e. The van der Waals surface area contributed by atoms with Gasteiger partial charge in [0.15, 0.2) is 5.78 Å². The molecule has 3 nitrogen and oxygen atoms in total. The molecule has 0 bridgehead atoms. The third kappa shape index (κ3) is 3.28. The Hall–Kier alpha value is -0.410. The summed E-state index contributed by atoms with van der Waals surface area (Å²) in [5, 5.41) is 0. The molecule has 0 N–H and O–H groups in total. The molecule has 0 amide bonds. The van der Waals surface area contributed by atoms with Crippen LogP contribution >= 0.6 is 0 Å². The van der Waals surface area contributed by atoms with E-state index < -0.39 is 0 Å². The molecule has 0 unspecified atom stereocenters. The summed E-state index contributed by atoms with van der Waals surface area (Å²) < 4.78 is 0. The van der Waals surface area contributed by atoms with Crippen LogP contribution < -0.4 is 0 Å². The van der Waals surface area contributed by atoms with Crippen molar-refractivity contribution in [1.82, 2.24) is 9.80 Å². The molecule has 0 spiro atoms. The fourth-order valence-corrected chi connectivity index (χ4v) is 2.16. The van der Waals surface area contributed by atoms with E-state index in [1.165, 1.54) is 0 Å². The summed E-state index contributed by atoms with van der Waals surface area (Å²) >= 11 is 0. The van der Waals surface area contributed by atoms with Gasteiger partial charge >= 0.3 is 0 Å². The fraction of sp³-hybridized carbons (Fsp3) is 0.917. The van der Waals surface area contributed by atoms with Crippen LogP contribution in [0.5, 0.6) is 0 Å². The maximum Gasteiger partial charge on any atom is 0.152 e. The van der Waals surface area contributed by atoms with E-state index in [1.54, 1.807) is 0 Å². The third-order valence-electron chi connectivity index (χ3n) is 3.34. The Morgan fingerprint density at radius 3 is 2.67 bits per heavy atom. The average molecular weight is 212 g/mol. The SMILES string of the molecule is CN(C)CCCN1CCCC(=O)C1(C)C. The number of piperidine rings is 1. The monoisotopic (exact) mass is 212 g/mol. The number of Topliss-reactive ketones (excluding diaryl/α,β-unsaturated/α-hetero) is 1. The second-order valence-electron chi connectivity index (χ2n) is 5.23. The van der Waals surface area contributed by atoms with Gasteiger partial charge in [-0.25, -0.2) is 0 Å². The number of likely N-dealkylation sites (tertiary alicyclic amines) is 1. The van der Waals surface area contributed by atoms with E-state index in [1.807, 2.05) is 0 Å². The lowest BCUT2D eigenvalue weighted by molar-refractivity contribution is -0.132. The first-order valence-electron chi connectivity index (χ1n) is 5.87. The first kappa shape index (κ1) is 12.7. The van der Waals surface area contributed by atoms with Gasteiger partial charge in [0.05, 0.1) is 5.54 Å². The molecule has 1 saturated heterocycles. The molecule has 15 heavy (non-hydrogen) atoms. The van der Waals surface area contributed by atoms with Gasteiger partial charge in [0, 0.05) is 13.0 Å². The molecule has 0 atom stereocenters. The molecule has 1 aliphatic rings. The van der Waals surface area contributed by atoms with Crippen molar-refractivity contribution in [3.05, 3.63) is 0 Å². The Bertz CT molecular complexity index is 224. The van der Waals surface area contributed by atoms with Crippen LogP contribution in [0.25, 0.3) is 0 Å². The Balaban J connectivity index is 2.42. The van der Waals surface area contributed by atoms with Crippen molar-refractivity contribution in [3.63, 3.8) is 0 Å². The Labute approximate surface area is 93.4 Å². The smallest absolute Gasteiger partial charge is 0.152 e. The van der Waals surface area contributed by atoms with Crippen molar-refractivity contribution in [2.45, 2.75) is 38.6 Å². The van der Waals surface area contributed by atoms with Gasteiger partial charge < -0.3 is 4.90 Å². The largest absolute Gasteiger partial charge is 0.309 e. The van der Waals surface area contributed by atoms with Gasteiger partial charge in [0.2, 0.25) is 0 Å². The number of hydrogen-bond donors (Lipinski definition) is 0. The van der Waals surface area contributed by atoms with Crippen LogP contribution in [0.15, 0.2) is 0 Å². The molecule has 0 aromatic carbocycles. The van der Waals surface area contributed by atoms with Crippen molar-refractivity contribution >= 4 is 5.78 Å². The number of hydrogen-bond acceptors (Lipinski definition) is 3. The van der Waals surface area contributed by atoms with Crippen LogP contribution in [0, 0.1) is 0 Å². The fourth-order valence-electron chi connectivity index (χ4n) is 2.16. The van der Waals surface area contributed by atoms with E-state index in [-0.39, 0.29) is 5.54 Å². The van der Waals surface area contributed by atoms with E-state index in [4.69, 9.17) is 0 Å². The normalized spacial score (nSPS) is 22.3. The van der Waals surface area contributed by atoms with E-state index in [2.05, 4.69) is 37.7 Å².